The summed E-state index contributed by atoms with van der Waals surface area (Å²) in [7, 11) is 0. The van der Waals surface area contributed by atoms with Gasteiger partial charge in [0, 0.05) is 44.6 Å². The van der Waals surface area contributed by atoms with Gasteiger partial charge in [-0.15, -0.1) is 0 Å². The molecule has 0 saturated carbocycles. The zero-order valence-electron chi connectivity index (χ0n) is 20.1. The van der Waals surface area contributed by atoms with Crippen molar-refractivity contribution in [3.63, 3.8) is 0 Å². The summed E-state index contributed by atoms with van der Waals surface area (Å²) < 4.78 is 0. The first kappa shape index (κ1) is 22.7. The molecule has 3 aliphatic carbocycles. The van der Waals surface area contributed by atoms with Gasteiger partial charge in [-0.05, 0) is 82.1 Å². The minimum atomic E-state index is 1.04. The van der Waals surface area contributed by atoms with Crippen molar-refractivity contribution < 1.29 is 0 Å². The lowest BCUT2D eigenvalue weighted by Gasteiger charge is -1.95. The third-order valence-electron chi connectivity index (χ3n) is 6.65. The van der Waals surface area contributed by atoms with Gasteiger partial charge < -0.3 is 0 Å². The van der Waals surface area contributed by atoms with Gasteiger partial charge >= 0.3 is 0 Å². The van der Waals surface area contributed by atoms with Crippen molar-refractivity contribution in [3.8, 4) is 47.4 Å². The van der Waals surface area contributed by atoms with Crippen LogP contribution in [-0.2, 0) is 0 Å². The number of benzene rings is 2. The second kappa shape index (κ2) is 11.4. The summed E-state index contributed by atoms with van der Waals surface area (Å²) in [5.41, 5.74) is 9.43. The summed E-state index contributed by atoms with van der Waals surface area (Å²) in [5.74, 6) is 27.3. The van der Waals surface area contributed by atoms with Crippen LogP contribution in [0.25, 0.3) is 0 Å². The molecule has 2 aromatic carbocycles. The van der Waals surface area contributed by atoms with Crippen molar-refractivity contribution in [2.24, 2.45) is 0 Å². The van der Waals surface area contributed by atoms with E-state index in [9.17, 15) is 0 Å². The van der Waals surface area contributed by atoms with Gasteiger partial charge in [0.15, 0.2) is 0 Å². The first-order chi connectivity index (χ1) is 17.3. The lowest BCUT2D eigenvalue weighted by molar-refractivity contribution is 0.908. The molecule has 0 spiro atoms. The Bertz CT molecular complexity index is 1330. The van der Waals surface area contributed by atoms with E-state index in [4.69, 9.17) is 0 Å². The molecule has 3 aliphatic rings. The first-order valence-electron chi connectivity index (χ1n) is 12.7. The molecule has 0 aromatic heterocycles. The summed E-state index contributed by atoms with van der Waals surface area (Å²) in [4.78, 5) is 0. The summed E-state index contributed by atoms with van der Waals surface area (Å²) in [6.45, 7) is 0. The molecule has 0 heterocycles. The molecule has 0 aliphatic heterocycles. The number of allylic oxidation sites excluding steroid dienone is 6. The minimum Gasteiger partial charge on any atom is -0.0655 e. The van der Waals surface area contributed by atoms with Gasteiger partial charge in [0.05, 0.1) is 0 Å². The minimum absolute atomic E-state index is 1.04. The summed E-state index contributed by atoms with van der Waals surface area (Å²) in [6, 6.07) is 20.4. The van der Waals surface area contributed by atoms with Crippen molar-refractivity contribution in [3.05, 3.63) is 105 Å². The molecule has 35 heavy (non-hydrogen) atoms. The van der Waals surface area contributed by atoms with Crippen molar-refractivity contribution in [2.45, 2.75) is 57.8 Å². The molecule has 5 rings (SSSR count). The van der Waals surface area contributed by atoms with E-state index < -0.39 is 0 Å². The fourth-order valence-electron chi connectivity index (χ4n) is 4.70. The topological polar surface area (TPSA) is 0 Å². The summed E-state index contributed by atoms with van der Waals surface area (Å²) in [5, 5.41) is 0. The van der Waals surface area contributed by atoms with Crippen LogP contribution in [0.4, 0.5) is 0 Å². The van der Waals surface area contributed by atoms with Gasteiger partial charge in [-0.1, -0.05) is 83.8 Å². The predicted molar refractivity (Wildman–Crippen MR) is 145 cm³/mol. The molecule has 0 heteroatoms. The van der Waals surface area contributed by atoms with Crippen molar-refractivity contribution in [1.82, 2.24) is 0 Å². The molecule has 0 N–H and O–H groups in total. The van der Waals surface area contributed by atoms with Gasteiger partial charge in [0.25, 0.3) is 0 Å². The molecule has 0 radical (unpaired) electrons. The maximum Gasteiger partial charge on any atom is 0.0248 e. The Labute approximate surface area is 210 Å². The van der Waals surface area contributed by atoms with Crippen LogP contribution in [0.2, 0.25) is 0 Å². The van der Waals surface area contributed by atoms with Gasteiger partial charge in [-0.25, -0.2) is 0 Å². The lowest BCUT2D eigenvalue weighted by atomic mass is 10.1. The monoisotopic (exact) mass is 448 g/mol. The highest BCUT2D eigenvalue weighted by Crippen LogP contribution is 2.29. The Morgan fingerprint density at radius 2 is 0.571 bits per heavy atom. The first-order valence-corrected chi connectivity index (χ1v) is 12.7. The fraction of sp³-hybridized carbons (Fsp3) is 0.257. The molecular weight excluding hydrogens is 420 g/mol. The Kier molecular flexibility index (Phi) is 7.36. The number of hydrogen-bond acceptors (Lipinski definition) is 0. The molecule has 0 saturated heterocycles. The van der Waals surface area contributed by atoms with Crippen LogP contribution >= 0.6 is 0 Å². The SMILES string of the molecule is C(#CC1=C(C#Cc2ccccc2)CCC1)C1=C(C#CC2=C(C#Cc3ccccc3)CCC2)CCC1. The molecule has 0 nitrogen and oxygen atoms in total. The van der Waals surface area contributed by atoms with E-state index in [1.807, 2.05) is 36.4 Å². The largest absolute Gasteiger partial charge is 0.0655 e. The van der Waals surface area contributed by atoms with Gasteiger partial charge in [0.1, 0.15) is 0 Å². The highest BCUT2D eigenvalue weighted by molar-refractivity contribution is 5.56. The molecule has 0 amide bonds. The molecular formula is C35H28. The predicted octanol–water partition coefficient (Wildman–Crippen LogP) is 7.54. The van der Waals surface area contributed by atoms with Crippen LogP contribution in [0.15, 0.2) is 94.1 Å². The smallest absolute Gasteiger partial charge is 0.0248 e. The zero-order chi connectivity index (χ0) is 23.7. The van der Waals surface area contributed by atoms with E-state index in [0.29, 0.717) is 0 Å². The van der Waals surface area contributed by atoms with Gasteiger partial charge in [0.2, 0.25) is 0 Å². The molecule has 0 fully saturated rings. The quantitative estimate of drug-likeness (QED) is 0.365. The van der Waals surface area contributed by atoms with Crippen LogP contribution in [-0.4, -0.2) is 0 Å². The van der Waals surface area contributed by atoms with Crippen LogP contribution < -0.4 is 0 Å². The molecule has 0 unspecified atom stereocenters. The maximum absolute atomic E-state index is 3.49. The van der Waals surface area contributed by atoms with Crippen molar-refractivity contribution in [2.75, 3.05) is 0 Å². The second-order valence-electron chi connectivity index (χ2n) is 9.16. The van der Waals surface area contributed by atoms with Crippen LogP contribution in [0.1, 0.15) is 68.9 Å². The third-order valence-corrected chi connectivity index (χ3v) is 6.65. The van der Waals surface area contributed by atoms with E-state index in [2.05, 4.69) is 71.6 Å². The molecule has 0 bridgehead atoms. The van der Waals surface area contributed by atoms with E-state index in [0.717, 1.165) is 68.9 Å². The Morgan fingerprint density at radius 1 is 0.314 bits per heavy atom. The zero-order valence-corrected chi connectivity index (χ0v) is 20.1. The van der Waals surface area contributed by atoms with Gasteiger partial charge in [-0.2, -0.15) is 0 Å². The summed E-state index contributed by atoms with van der Waals surface area (Å²) in [6.07, 6.45) is 9.67. The third kappa shape index (κ3) is 6.07. The second-order valence-corrected chi connectivity index (χ2v) is 9.16. The maximum atomic E-state index is 3.49. The van der Waals surface area contributed by atoms with Crippen molar-refractivity contribution in [1.29, 1.82) is 0 Å². The Morgan fingerprint density at radius 3 is 0.857 bits per heavy atom. The average Bonchev–Trinajstić information content (AvgIpc) is 3.66. The van der Waals surface area contributed by atoms with Gasteiger partial charge in [-0.3, -0.25) is 0 Å². The highest BCUT2D eigenvalue weighted by atomic mass is 14.2. The highest BCUT2D eigenvalue weighted by Gasteiger charge is 2.15. The van der Waals surface area contributed by atoms with Crippen LogP contribution in [0.3, 0.4) is 0 Å². The van der Waals surface area contributed by atoms with Crippen LogP contribution in [0, 0.1) is 47.4 Å². The molecule has 0 atom stereocenters. The van der Waals surface area contributed by atoms with E-state index in [-0.39, 0.29) is 0 Å². The summed E-state index contributed by atoms with van der Waals surface area (Å²) >= 11 is 0. The normalized spacial score (nSPS) is 16.6. The fourth-order valence-corrected chi connectivity index (χ4v) is 4.70. The molecule has 2 aromatic rings. The van der Waals surface area contributed by atoms with E-state index >= 15 is 0 Å². The lowest BCUT2D eigenvalue weighted by Crippen LogP contribution is -1.83. The van der Waals surface area contributed by atoms with E-state index in [1.54, 1.807) is 0 Å². The Hall–Kier alpha value is -4.10. The van der Waals surface area contributed by atoms with E-state index in [1.165, 1.54) is 33.4 Å². The number of rotatable bonds is 0. The average molecular weight is 449 g/mol. The Balaban J connectivity index is 1.36. The molecule has 168 valence electrons. The number of hydrogen-bond donors (Lipinski definition) is 0. The van der Waals surface area contributed by atoms with Crippen molar-refractivity contribution >= 4 is 0 Å². The standard InChI is InChI=1S/C35H28/c1-3-10-28(11-4-1)20-22-30-14-7-16-32(30)24-26-34-18-9-19-35(34)27-25-33-17-8-15-31(33)23-21-29-12-5-2-6-13-29/h1-6,10-13H,7-9,14-19H2. The van der Waals surface area contributed by atoms with Crippen LogP contribution in [0.5, 0.6) is 0 Å².